The van der Waals surface area contributed by atoms with Crippen molar-refractivity contribution in [2.24, 2.45) is 11.8 Å². The Morgan fingerprint density at radius 3 is 2.33 bits per heavy atom. The summed E-state index contributed by atoms with van der Waals surface area (Å²) >= 11 is 0. The van der Waals surface area contributed by atoms with Gasteiger partial charge in [0.2, 0.25) is 5.91 Å². The number of amides is 1. The molecule has 1 aromatic rings. The molecule has 1 atom stereocenters. The zero-order valence-electron chi connectivity index (χ0n) is 15.1. The lowest BCUT2D eigenvalue weighted by Gasteiger charge is -2.26. The van der Waals surface area contributed by atoms with Gasteiger partial charge in [0.05, 0.1) is 18.0 Å². The van der Waals surface area contributed by atoms with Gasteiger partial charge < -0.3 is 15.2 Å². The number of alkyl halides is 3. The molecular weight excluding hydrogens is 363 g/mol. The molecule has 150 valence electrons. The number of carboxylic acids is 1. The van der Waals surface area contributed by atoms with Crippen LogP contribution in [0.25, 0.3) is 0 Å². The molecule has 27 heavy (non-hydrogen) atoms. The van der Waals surface area contributed by atoms with Crippen molar-refractivity contribution < 1.29 is 32.6 Å². The maximum absolute atomic E-state index is 13.1. The SMILES string of the molecule is CCC(CNC(=O)C1CCC(C(=O)O)CC1)Oc1ccccc1C(F)(F)F. The molecule has 0 bridgehead atoms. The molecule has 0 aromatic heterocycles. The van der Waals surface area contributed by atoms with Crippen molar-refractivity contribution in [3.05, 3.63) is 29.8 Å². The van der Waals surface area contributed by atoms with Gasteiger partial charge >= 0.3 is 12.1 Å². The predicted octanol–water partition coefficient (Wildman–Crippen LogP) is 3.87. The second-order valence-electron chi connectivity index (χ2n) is 6.77. The number of halogens is 3. The van der Waals surface area contributed by atoms with Gasteiger partial charge in [0.15, 0.2) is 0 Å². The average Bonchev–Trinajstić information content (AvgIpc) is 2.64. The Bertz CT molecular complexity index is 655. The summed E-state index contributed by atoms with van der Waals surface area (Å²) in [5.74, 6) is -1.96. The zero-order chi connectivity index (χ0) is 20.0. The topological polar surface area (TPSA) is 75.6 Å². The average molecular weight is 387 g/mol. The van der Waals surface area contributed by atoms with E-state index >= 15 is 0 Å². The van der Waals surface area contributed by atoms with Crippen LogP contribution in [-0.4, -0.2) is 29.6 Å². The lowest BCUT2D eigenvalue weighted by Crippen LogP contribution is -2.40. The van der Waals surface area contributed by atoms with Gasteiger partial charge in [-0.25, -0.2) is 0 Å². The van der Waals surface area contributed by atoms with Gasteiger partial charge in [-0.1, -0.05) is 19.1 Å². The smallest absolute Gasteiger partial charge is 0.419 e. The molecule has 1 aliphatic rings. The number of carboxylic acid groups (broad SMARTS) is 1. The Labute approximate surface area is 155 Å². The highest BCUT2D eigenvalue weighted by Crippen LogP contribution is 2.36. The van der Waals surface area contributed by atoms with Gasteiger partial charge in [-0.3, -0.25) is 9.59 Å². The Hall–Kier alpha value is -2.25. The van der Waals surface area contributed by atoms with Crippen LogP contribution >= 0.6 is 0 Å². The largest absolute Gasteiger partial charge is 0.488 e. The van der Waals surface area contributed by atoms with Crippen LogP contribution in [0.2, 0.25) is 0 Å². The lowest BCUT2D eigenvalue weighted by atomic mass is 9.81. The third-order valence-corrected chi connectivity index (χ3v) is 4.89. The molecule has 2 rings (SSSR count). The lowest BCUT2D eigenvalue weighted by molar-refractivity contribution is -0.144. The number of para-hydroxylation sites is 1. The van der Waals surface area contributed by atoms with Gasteiger partial charge in [0.1, 0.15) is 11.9 Å². The van der Waals surface area contributed by atoms with Gasteiger partial charge in [-0.15, -0.1) is 0 Å². The molecule has 0 heterocycles. The molecule has 0 spiro atoms. The van der Waals surface area contributed by atoms with Crippen LogP contribution in [0.4, 0.5) is 13.2 Å². The third kappa shape index (κ3) is 5.87. The molecule has 2 N–H and O–H groups in total. The van der Waals surface area contributed by atoms with E-state index in [1.165, 1.54) is 18.2 Å². The molecule has 0 saturated heterocycles. The van der Waals surface area contributed by atoms with Crippen molar-refractivity contribution in [2.45, 2.75) is 51.3 Å². The summed E-state index contributed by atoms with van der Waals surface area (Å²) in [7, 11) is 0. The number of hydrogen-bond donors (Lipinski definition) is 2. The molecule has 1 aromatic carbocycles. The minimum atomic E-state index is -4.51. The first-order valence-corrected chi connectivity index (χ1v) is 9.05. The fourth-order valence-corrected chi connectivity index (χ4v) is 3.21. The Kier molecular flexibility index (Phi) is 7.10. The van der Waals surface area contributed by atoms with Crippen molar-refractivity contribution in [1.82, 2.24) is 5.32 Å². The van der Waals surface area contributed by atoms with Gasteiger partial charge in [0.25, 0.3) is 0 Å². The summed E-state index contributed by atoms with van der Waals surface area (Å²) in [6.45, 7) is 1.87. The van der Waals surface area contributed by atoms with E-state index < -0.39 is 29.7 Å². The monoisotopic (exact) mass is 387 g/mol. The molecule has 0 aliphatic heterocycles. The van der Waals surface area contributed by atoms with E-state index in [1.807, 2.05) is 0 Å². The van der Waals surface area contributed by atoms with Crippen LogP contribution in [0.1, 0.15) is 44.6 Å². The van der Waals surface area contributed by atoms with Crippen LogP contribution in [0, 0.1) is 11.8 Å². The molecule has 8 heteroatoms. The molecule has 0 radical (unpaired) electrons. The second-order valence-corrected chi connectivity index (χ2v) is 6.77. The fraction of sp³-hybridized carbons (Fsp3) is 0.579. The first-order chi connectivity index (χ1) is 12.7. The van der Waals surface area contributed by atoms with Gasteiger partial charge in [0, 0.05) is 5.92 Å². The quantitative estimate of drug-likeness (QED) is 0.745. The number of aliphatic carboxylic acids is 1. The summed E-state index contributed by atoms with van der Waals surface area (Å²) < 4.78 is 44.7. The summed E-state index contributed by atoms with van der Waals surface area (Å²) in [4.78, 5) is 23.2. The second kappa shape index (κ2) is 9.10. The third-order valence-electron chi connectivity index (χ3n) is 4.89. The van der Waals surface area contributed by atoms with E-state index in [-0.39, 0.29) is 24.1 Å². The fourth-order valence-electron chi connectivity index (χ4n) is 3.21. The van der Waals surface area contributed by atoms with Crippen molar-refractivity contribution in [3.63, 3.8) is 0 Å². The minimum Gasteiger partial charge on any atom is -0.488 e. The number of benzene rings is 1. The molecule has 1 unspecified atom stereocenters. The molecule has 1 saturated carbocycles. The van der Waals surface area contributed by atoms with Crippen molar-refractivity contribution in [2.75, 3.05) is 6.54 Å². The number of rotatable bonds is 7. The van der Waals surface area contributed by atoms with Gasteiger partial charge in [-0.2, -0.15) is 13.2 Å². The van der Waals surface area contributed by atoms with E-state index in [0.717, 1.165) is 6.07 Å². The molecule has 1 amide bonds. The first-order valence-electron chi connectivity index (χ1n) is 9.05. The summed E-state index contributed by atoms with van der Waals surface area (Å²) in [5.41, 5.74) is -0.846. The molecular formula is C19H24F3NO4. The summed E-state index contributed by atoms with van der Waals surface area (Å²) in [6.07, 6.45) is -2.76. The van der Waals surface area contributed by atoms with E-state index in [9.17, 15) is 22.8 Å². The van der Waals surface area contributed by atoms with E-state index in [0.29, 0.717) is 32.1 Å². The molecule has 1 fully saturated rings. The number of carbonyl (C=O) groups excluding carboxylic acids is 1. The first kappa shape index (κ1) is 21.1. The van der Waals surface area contributed by atoms with E-state index in [2.05, 4.69) is 5.32 Å². The van der Waals surface area contributed by atoms with E-state index in [1.54, 1.807) is 6.92 Å². The van der Waals surface area contributed by atoms with E-state index in [4.69, 9.17) is 9.84 Å². The maximum Gasteiger partial charge on any atom is 0.419 e. The Morgan fingerprint density at radius 2 is 1.78 bits per heavy atom. The number of hydrogen-bond acceptors (Lipinski definition) is 3. The van der Waals surface area contributed by atoms with Crippen LogP contribution in [-0.2, 0) is 15.8 Å². The van der Waals surface area contributed by atoms with Crippen LogP contribution in [0.3, 0.4) is 0 Å². The molecule has 5 nitrogen and oxygen atoms in total. The molecule has 1 aliphatic carbocycles. The van der Waals surface area contributed by atoms with Gasteiger partial charge in [-0.05, 0) is 44.2 Å². The number of ether oxygens (including phenoxy) is 1. The summed E-state index contributed by atoms with van der Waals surface area (Å²) in [5, 5.41) is 11.7. The predicted molar refractivity (Wildman–Crippen MR) is 92.2 cm³/mol. The minimum absolute atomic E-state index is 0.0976. The Balaban J connectivity index is 1.89. The zero-order valence-corrected chi connectivity index (χ0v) is 15.1. The van der Waals surface area contributed by atoms with Crippen molar-refractivity contribution in [1.29, 1.82) is 0 Å². The maximum atomic E-state index is 13.1. The highest BCUT2D eigenvalue weighted by molar-refractivity contribution is 5.79. The van der Waals surface area contributed by atoms with Crippen LogP contribution in [0.15, 0.2) is 24.3 Å². The van der Waals surface area contributed by atoms with Crippen LogP contribution in [0.5, 0.6) is 5.75 Å². The number of carbonyl (C=O) groups is 2. The van der Waals surface area contributed by atoms with Crippen molar-refractivity contribution >= 4 is 11.9 Å². The number of nitrogens with one attached hydrogen (secondary N) is 1. The normalized spacial score (nSPS) is 21.3. The van der Waals surface area contributed by atoms with Crippen molar-refractivity contribution in [3.8, 4) is 5.75 Å². The Morgan fingerprint density at radius 1 is 1.19 bits per heavy atom. The highest BCUT2D eigenvalue weighted by atomic mass is 19.4. The summed E-state index contributed by atoms with van der Waals surface area (Å²) in [6, 6.07) is 4.99. The standard InChI is InChI=1S/C19H24F3NO4/c1-2-14(27-16-6-4-3-5-15(16)19(20,21)22)11-23-17(24)12-7-9-13(10-8-12)18(25)26/h3-6,12-14H,2,7-11H2,1H3,(H,23,24)(H,25,26). The van der Waals surface area contributed by atoms with Crippen LogP contribution < -0.4 is 10.1 Å². The highest BCUT2D eigenvalue weighted by Gasteiger charge is 2.35.